The number of carbonyl (C=O) groups is 2. The maximum atomic E-state index is 11.6. The Morgan fingerprint density at radius 2 is 2.04 bits per heavy atom. The molecule has 2 N–H and O–H groups in total. The number of halogens is 1. The number of nitrogens with one attached hydrogen (secondary N) is 2. The van der Waals surface area contributed by atoms with Gasteiger partial charge in [-0.15, -0.1) is 0 Å². The van der Waals surface area contributed by atoms with Gasteiger partial charge >= 0.3 is 0 Å². The molecule has 0 bridgehead atoms. The molecule has 1 radical (unpaired) electrons. The molecule has 1 aromatic carbocycles. The summed E-state index contributed by atoms with van der Waals surface area (Å²) in [6, 6.07) is 5.16. The van der Waals surface area contributed by atoms with Crippen LogP contribution < -0.4 is 15.6 Å². The van der Waals surface area contributed by atoms with Gasteiger partial charge in [-0.3, -0.25) is 15.0 Å². The molecule has 0 atom stereocenters. The summed E-state index contributed by atoms with van der Waals surface area (Å²) in [6.07, 6.45) is 7.91. The largest absolute Gasteiger partial charge is 0.483 e. The molecule has 7 heteroatoms. The molecule has 1 amide bonds. The maximum absolute atomic E-state index is 11.6. The van der Waals surface area contributed by atoms with E-state index in [4.69, 9.17) is 16.3 Å². The van der Waals surface area contributed by atoms with Crippen molar-refractivity contribution in [3.63, 3.8) is 0 Å². The first-order chi connectivity index (χ1) is 10.6. The standard InChI is InChI=1S/C16H15ClN2O3.Cu/c1-11-8-13(17)6-7-15(11)22-10-16(21)19-18-9-12-4-2-3-5-14(12)20;/h2-9,18H,10H2,1H3,(H,19,21);. The molecule has 0 heterocycles. The molecule has 0 unspecified atom stereocenters. The Morgan fingerprint density at radius 3 is 2.74 bits per heavy atom. The van der Waals surface area contributed by atoms with E-state index in [1.807, 2.05) is 6.92 Å². The van der Waals surface area contributed by atoms with E-state index >= 15 is 0 Å². The number of aryl methyl sites for hydroxylation is 1. The number of allylic oxidation sites excluding steroid dienone is 5. The van der Waals surface area contributed by atoms with Crippen molar-refractivity contribution in [3.8, 4) is 5.75 Å². The third-order valence-electron chi connectivity index (χ3n) is 2.85. The first kappa shape index (κ1) is 19.0. The average molecular weight is 382 g/mol. The van der Waals surface area contributed by atoms with Gasteiger partial charge in [-0.05, 0) is 42.8 Å². The van der Waals surface area contributed by atoms with Gasteiger partial charge in [-0.1, -0.05) is 23.8 Å². The zero-order valence-corrected chi connectivity index (χ0v) is 13.9. The van der Waals surface area contributed by atoms with Crippen LogP contribution in [0.4, 0.5) is 0 Å². The number of carbonyl (C=O) groups excluding carboxylic acids is 2. The first-order valence-corrected chi connectivity index (χ1v) is 6.96. The third kappa shape index (κ3) is 5.94. The van der Waals surface area contributed by atoms with E-state index in [0.717, 1.165) is 5.56 Å². The van der Waals surface area contributed by atoms with E-state index in [1.54, 1.807) is 36.4 Å². The van der Waals surface area contributed by atoms with Crippen LogP contribution in [0.2, 0.25) is 5.02 Å². The minimum atomic E-state index is -0.367. The summed E-state index contributed by atoms with van der Waals surface area (Å²) in [6.45, 7) is 1.69. The quantitative estimate of drug-likeness (QED) is 0.466. The van der Waals surface area contributed by atoms with Crippen LogP contribution in [-0.4, -0.2) is 18.3 Å². The minimum absolute atomic E-state index is 0. The van der Waals surface area contributed by atoms with Crippen LogP contribution in [0.5, 0.6) is 5.75 Å². The molecule has 23 heavy (non-hydrogen) atoms. The Bertz CT molecular complexity index is 684. The van der Waals surface area contributed by atoms with E-state index in [9.17, 15) is 9.59 Å². The molecule has 125 valence electrons. The Kier molecular flexibility index (Phi) is 7.62. The zero-order valence-electron chi connectivity index (χ0n) is 12.2. The van der Waals surface area contributed by atoms with Crippen LogP contribution in [0.1, 0.15) is 5.56 Å². The van der Waals surface area contributed by atoms with Gasteiger partial charge in [0.05, 0.1) is 0 Å². The van der Waals surface area contributed by atoms with Gasteiger partial charge in [0.1, 0.15) is 5.75 Å². The zero-order chi connectivity index (χ0) is 15.9. The number of benzene rings is 1. The number of hydrogen-bond donors (Lipinski definition) is 2. The van der Waals surface area contributed by atoms with Crippen LogP contribution in [0.15, 0.2) is 54.3 Å². The van der Waals surface area contributed by atoms with Gasteiger partial charge in [0.25, 0.3) is 5.91 Å². The fourth-order valence-corrected chi connectivity index (χ4v) is 1.97. The van der Waals surface area contributed by atoms with Crippen LogP contribution >= 0.6 is 11.6 Å². The molecule has 0 saturated heterocycles. The molecule has 1 aliphatic rings. The van der Waals surface area contributed by atoms with Crippen LogP contribution in [0.25, 0.3) is 0 Å². The van der Waals surface area contributed by atoms with Crippen molar-refractivity contribution < 1.29 is 31.4 Å². The molecule has 0 fully saturated rings. The van der Waals surface area contributed by atoms with Crippen molar-refractivity contribution in [2.75, 3.05) is 6.61 Å². The Balaban J connectivity index is 0.00000264. The summed E-state index contributed by atoms with van der Waals surface area (Å²) in [7, 11) is 0. The molecule has 2 rings (SSSR count). The third-order valence-corrected chi connectivity index (χ3v) is 3.09. The second-order valence-corrected chi connectivity index (χ2v) is 5.01. The predicted octanol–water partition coefficient (Wildman–Crippen LogP) is 2.22. The summed E-state index contributed by atoms with van der Waals surface area (Å²) >= 11 is 5.84. The molecular weight excluding hydrogens is 367 g/mol. The fraction of sp³-hybridized carbons (Fsp3) is 0.125. The SMILES string of the molecule is Cc1cc(Cl)ccc1OCC(=O)NNC=C1C=CC=CC1=O.[Cu]. The number of amides is 1. The van der Waals surface area contributed by atoms with E-state index in [0.29, 0.717) is 16.3 Å². The molecule has 0 spiro atoms. The minimum Gasteiger partial charge on any atom is -0.483 e. The molecular formula is C16H15ClCuN2O3. The summed E-state index contributed by atoms with van der Waals surface area (Å²) in [5.74, 6) is 0.0969. The van der Waals surface area contributed by atoms with Gasteiger partial charge in [0.2, 0.25) is 0 Å². The molecule has 0 aromatic heterocycles. The Morgan fingerprint density at radius 1 is 1.30 bits per heavy atom. The summed E-state index contributed by atoms with van der Waals surface area (Å²) < 4.78 is 5.39. The first-order valence-electron chi connectivity index (χ1n) is 6.59. The average Bonchev–Trinajstić information content (AvgIpc) is 2.48. The van der Waals surface area contributed by atoms with Crippen LogP contribution in [-0.2, 0) is 26.7 Å². The number of hydrazine groups is 1. The van der Waals surface area contributed by atoms with E-state index in [1.165, 1.54) is 12.3 Å². The normalized spacial score (nSPS) is 14.3. The van der Waals surface area contributed by atoms with Crippen LogP contribution in [0, 0.1) is 6.92 Å². The number of rotatable bonds is 5. The molecule has 5 nitrogen and oxygen atoms in total. The van der Waals surface area contributed by atoms with Gasteiger partial charge < -0.3 is 10.2 Å². The van der Waals surface area contributed by atoms with E-state index in [2.05, 4.69) is 10.9 Å². The van der Waals surface area contributed by atoms with Crippen molar-refractivity contribution in [1.29, 1.82) is 0 Å². The predicted molar refractivity (Wildman–Crippen MR) is 84.3 cm³/mol. The number of hydrogen-bond acceptors (Lipinski definition) is 4. The van der Waals surface area contributed by atoms with Crippen molar-refractivity contribution in [3.05, 3.63) is 64.9 Å². The smallest absolute Gasteiger partial charge is 0.276 e. The van der Waals surface area contributed by atoms with Gasteiger partial charge in [-0.25, -0.2) is 0 Å². The van der Waals surface area contributed by atoms with Gasteiger partial charge in [-0.2, -0.15) is 0 Å². The molecule has 1 aliphatic carbocycles. The summed E-state index contributed by atoms with van der Waals surface area (Å²) in [5, 5.41) is 0.613. The van der Waals surface area contributed by atoms with Crippen molar-refractivity contribution in [1.82, 2.24) is 10.9 Å². The van der Waals surface area contributed by atoms with Gasteiger partial charge in [0.15, 0.2) is 12.4 Å². The van der Waals surface area contributed by atoms with Gasteiger partial charge in [0, 0.05) is 33.9 Å². The van der Waals surface area contributed by atoms with E-state index in [-0.39, 0.29) is 35.4 Å². The monoisotopic (exact) mass is 381 g/mol. The molecule has 0 saturated carbocycles. The number of ketones is 1. The van der Waals surface area contributed by atoms with Crippen molar-refractivity contribution >= 4 is 23.3 Å². The molecule has 1 aromatic rings. The summed E-state index contributed by atoms with van der Waals surface area (Å²) in [4.78, 5) is 23.1. The summed E-state index contributed by atoms with van der Waals surface area (Å²) in [5.41, 5.74) is 6.30. The fourth-order valence-electron chi connectivity index (χ4n) is 1.75. The maximum Gasteiger partial charge on any atom is 0.276 e. The Labute approximate surface area is 149 Å². The topological polar surface area (TPSA) is 67.4 Å². The second-order valence-electron chi connectivity index (χ2n) is 4.57. The van der Waals surface area contributed by atoms with Crippen LogP contribution in [0.3, 0.4) is 0 Å². The second kappa shape index (κ2) is 9.20. The van der Waals surface area contributed by atoms with Crippen molar-refractivity contribution in [2.45, 2.75) is 6.92 Å². The number of ether oxygens (including phenoxy) is 1. The Hall–Kier alpha value is -2.01. The molecule has 0 aliphatic heterocycles. The van der Waals surface area contributed by atoms with Crippen molar-refractivity contribution in [2.24, 2.45) is 0 Å². The van der Waals surface area contributed by atoms with E-state index < -0.39 is 0 Å².